The van der Waals surface area contributed by atoms with Crippen molar-refractivity contribution in [2.24, 2.45) is 10.9 Å². The molecule has 2 unspecified atom stereocenters. The minimum absolute atomic E-state index is 0.363. The predicted molar refractivity (Wildman–Crippen MR) is 107 cm³/mol. The van der Waals surface area contributed by atoms with Crippen molar-refractivity contribution >= 4 is 17.7 Å². The number of carbonyl (C=O) groups is 2. The van der Waals surface area contributed by atoms with Crippen LogP contribution in [0.3, 0.4) is 0 Å². The number of amides is 2. The van der Waals surface area contributed by atoms with Gasteiger partial charge in [-0.25, -0.2) is 9.79 Å². The summed E-state index contributed by atoms with van der Waals surface area (Å²) in [6.45, 7) is 4.19. The van der Waals surface area contributed by atoms with Crippen molar-refractivity contribution in [2.75, 3.05) is 20.8 Å². The minimum Gasteiger partial charge on any atom is -0.497 e. The van der Waals surface area contributed by atoms with Gasteiger partial charge in [-0.3, -0.25) is 4.79 Å². The number of ether oxygens (including phenoxy) is 3. The molecule has 7 nitrogen and oxygen atoms in total. The van der Waals surface area contributed by atoms with Crippen LogP contribution in [0.1, 0.15) is 57.6 Å². The highest BCUT2D eigenvalue weighted by atomic mass is 16.5. The molecule has 0 aliphatic carbocycles. The van der Waals surface area contributed by atoms with Gasteiger partial charge in [-0.1, -0.05) is 32.6 Å². The van der Waals surface area contributed by atoms with E-state index in [1.165, 1.54) is 12.8 Å². The van der Waals surface area contributed by atoms with E-state index < -0.39 is 24.0 Å². The number of methoxy groups -OCH3 is 2. The maximum atomic E-state index is 12.8. The molecule has 1 N–H and O–H groups in total. The highest BCUT2D eigenvalue weighted by Gasteiger charge is 2.39. The molecule has 2 atom stereocenters. The number of urea groups is 1. The molecule has 0 radical (unpaired) electrons. The molecule has 0 saturated heterocycles. The van der Waals surface area contributed by atoms with Crippen molar-refractivity contribution in [1.82, 2.24) is 5.32 Å². The fourth-order valence-electron chi connectivity index (χ4n) is 3.33. The number of aliphatic imine (C=N–C) groups is 1. The topological polar surface area (TPSA) is 86.2 Å². The van der Waals surface area contributed by atoms with Crippen LogP contribution in [0.15, 0.2) is 23.2 Å². The third-order valence-electron chi connectivity index (χ3n) is 4.86. The normalized spacial score (nSPS) is 18.9. The first-order valence-electron chi connectivity index (χ1n) is 9.76. The van der Waals surface area contributed by atoms with Crippen LogP contribution in [0, 0.1) is 5.92 Å². The van der Waals surface area contributed by atoms with Crippen LogP contribution in [0.2, 0.25) is 0 Å². The summed E-state index contributed by atoms with van der Waals surface area (Å²) in [6.07, 6.45) is 5.35. The van der Waals surface area contributed by atoms with Crippen LogP contribution < -0.4 is 14.8 Å². The van der Waals surface area contributed by atoms with E-state index >= 15 is 0 Å². The highest BCUT2D eigenvalue weighted by molar-refractivity contribution is 6.08. The third kappa shape index (κ3) is 5.47. The molecule has 1 aromatic rings. The SMILES string of the molecule is CCCCCCCOC(=O)C1C(C)=NC(=O)NC1c1cc(OC)ccc1OC. The molecule has 0 aromatic heterocycles. The number of nitrogens with one attached hydrogen (secondary N) is 1. The van der Waals surface area contributed by atoms with E-state index in [2.05, 4.69) is 17.2 Å². The molecule has 0 fully saturated rings. The average Bonchev–Trinajstić information content (AvgIpc) is 2.69. The number of esters is 1. The zero-order chi connectivity index (χ0) is 20.5. The van der Waals surface area contributed by atoms with E-state index in [9.17, 15) is 9.59 Å². The number of hydrogen-bond acceptors (Lipinski definition) is 5. The Labute approximate surface area is 166 Å². The van der Waals surface area contributed by atoms with E-state index in [4.69, 9.17) is 14.2 Å². The standard InChI is InChI=1S/C21H30N2O5/c1-5-6-7-8-9-12-28-20(24)18-14(2)22-21(25)23-19(18)16-13-15(26-3)10-11-17(16)27-4/h10-11,13,18-19H,5-9,12H2,1-4H3,(H,23,25). The summed E-state index contributed by atoms with van der Waals surface area (Å²) in [4.78, 5) is 28.8. The fraction of sp³-hybridized carbons (Fsp3) is 0.571. The largest absolute Gasteiger partial charge is 0.497 e. The van der Waals surface area contributed by atoms with Crippen molar-refractivity contribution in [2.45, 2.75) is 52.0 Å². The lowest BCUT2D eigenvalue weighted by molar-refractivity contribution is -0.147. The summed E-state index contributed by atoms with van der Waals surface area (Å²) in [5.74, 6) is 0.0485. The van der Waals surface area contributed by atoms with Gasteiger partial charge in [0.2, 0.25) is 0 Å². The Balaban J connectivity index is 2.19. The molecule has 1 aliphatic heterocycles. The first-order valence-corrected chi connectivity index (χ1v) is 9.76. The number of benzene rings is 1. The summed E-state index contributed by atoms with van der Waals surface area (Å²) in [5, 5.41) is 2.78. The van der Waals surface area contributed by atoms with E-state index in [1.54, 1.807) is 39.3 Å². The van der Waals surface area contributed by atoms with Crippen molar-refractivity contribution in [3.8, 4) is 11.5 Å². The van der Waals surface area contributed by atoms with E-state index in [0.717, 1.165) is 19.3 Å². The summed E-state index contributed by atoms with van der Waals surface area (Å²) in [6, 6.07) is 4.14. The molecule has 1 heterocycles. The third-order valence-corrected chi connectivity index (χ3v) is 4.86. The molecule has 2 rings (SSSR count). The van der Waals surface area contributed by atoms with Gasteiger partial charge < -0.3 is 19.5 Å². The molecule has 154 valence electrons. The fourth-order valence-corrected chi connectivity index (χ4v) is 3.33. The van der Waals surface area contributed by atoms with Gasteiger partial charge in [0.15, 0.2) is 0 Å². The predicted octanol–water partition coefficient (Wildman–Crippen LogP) is 4.06. The number of unbranched alkanes of at least 4 members (excludes halogenated alkanes) is 4. The molecule has 1 aromatic carbocycles. The molecule has 0 saturated carbocycles. The van der Waals surface area contributed by atoms with Gasteiger partial charge in [0.25, 0.3) is 0 Å². The van der Waals surface area contributed by atoms with Gasteiger partial charge in [0.1, 0.15) is 17.4 Å². The smallest absolute Gasteiger partial charge is 0.341 e. The molecular weight excluding hydrogens is 360 g/mol. The lowest BCUT2D eigenvalue weighted by Crippen LogP contribution is -2.44. The number of rotatable bonds is 10. The van der Waals surface area contributed by atoms with Gasteiger partial charge >= 0.3 is 12.0 Å². The van der Waals surface area contributed by atoms with Crippen LogP contribution in [0.4, 0.5) is 4.79 Å². The summed E-state index contributed by atoms with van der Waals surface area (Å²) >= 11 is 0. The van der Waals surface area contributed by atoms with E-state index in [1.807, 2.05) is 0 Å². The number of nitrogens with zero attached hydrogens (tertiary/aromatic N) is 1. The second-order valence-corrected chi connectivity index (χ2v) is 6.85. The molecule has 0 bridgehead atoms. The maximum Gasteiger partial charge on any atom is 0.341 e. The Bertz CT molecular complexity index is 717. The van der Waals surface area contributed by atoms with Crippen molar-refractivity contribution in [3.63, 3.8) is 0 Å². The van der Waals surface area contributed by atoms with Gasteiger partial charge in [-0.15, -0.1) is 0 Å². The Kier molecular flexibility index (Phi) is 8.29. The molecule has 2 amide bonds. The molecular formula is C21H30N2O5. The lowest BCUT2D eigenvalue weighted by Gasteiger charge is -2.30. The minimum atomic E-state index is -0.714. The lowest BCUT2D eigenvalue weighted by atomic mass is 9.87. The zero-order valence-corrected chi connectivity index (χ0v) is 17.1. The van der Waals surface area contributed by atoms with Crippen LogP contribution in [-0.4, -0.2) is 38.5 Å². The van der Waals surface area contributed by atoms with Crippen LogP contribution in [-0.2, 0) is 9.53 Å². The van der Waals surface area contributed by atoms with Gasteiger partial charge in [-0.2, -0.15) is 0 Å². The second-order valence-electron chi connectivity index (χ2n) is 6.85. The van der Waals surface area contributed by atoms with Crippen molar-refractivity contribution < 1.29 is 23.8 Å². The monoisotopic (exact) mass is 390 g/mol. The Morgan fingerprint density at radius 3 is 2.57 bits per heavy atom. The van der Waals surface area contributed by atoms with Crippen LogP contribution in [0.5, 0.6) is 11.5 Å². The average molecular weight is 390 g/mol. The van der Waals surface area contributed by atoms with Crippen LogP contribution >= 0.6 is 0 Å². The molecule has 1 aliphatic rings. The van der Waals surface area contributed by atoms with Gasteiger partial charge in [-0.05, 0) is 31.5 Å². The number of hydrogen-bond donors (Lipinski definition) is 1. The number of carbonyl (C=O) groups excluding carboxylic acids is 2. The first kappa shape index (κ1) is 21.7. The molecule has 28 heavy (non-hydrogen) atoms. The zero-order valence-electron chi connectivity index (χ0n) is 17.1. The van der Waals surface area contributed by atoms with E-state index in [-0.39, 0.29) is 0 Å². The molecule has 0 spiro atoms. The summed E-state index contributed by atoms with van der Waals surface area (Å²) < 4.78 is 16.2. The van der Waals surface area contributed by atoms with E-state index in [0.29, 0.717) is 29.4 Å². The maximum absolute atomic E-state index is 12.8. The summed E-state index contributed by atoms with van der Waals surface area (Å²) in [5.41, 5.74) is 1.07. The second kappa shape index (κ2) is 10.7. The van der Waals surface area contributed by atoms with Gasteiger partial charge in [0.05, 0.1) is 26.9 Å². The Morgan fingerprint density at radius 2 is 1.89 bits per heavy atom. The highest BCUT2D eigenvalue weighted by Crippen LogP contribution is 2.36. The van der Waals surface area contributed by atoms with Crippen molar-refractivity contribution in [3.05, 3.63) is 23.8 Å². The van der Waals surface area contributed by atoms with Gasteiger partial charge in [0, 0.05) is 11.3 Å². The Morgan fingerprint density at radius 1 is 1.14 bits per heavy atom. The Hall–Kier alpha value is -2.57. The quantitative estimate of drug-likeness (QED) is 0.481. The molecule has 7 heteroatoms. The van der Waals surface area contributed by atoms with Crippen LogP contribution in [0.25, 0.3) is 0 Å². The first-order chi connectivity index (χ1) is 13.5. The summed E-state index contributed by atoms with van der Waals surface area (Å²) in [7, 11) is 3.10. The van der Waals surface area contributed by atoms with Crippen molar-refractivity contribution in [1.29, 1.82) is 0 Å².